The van der Waals surface area contributed by atoms with Crippen molar-refractivity contribution in [2.45, 2.75) is 11.5 Å². The molecule has 0 aliphatic carbocycles. The zero-order chi connectivity index (χ0) is 13.7. The van der Waals surface area contributed by atoms with Gasteiger partial charge < -0.3 is 9.15 Å². The van der Waals surface area contributed by atoms with Crippen LogP contribution in [-0.4, -0.2) is 13.1 Å². The molecule has 0 saturated carbocycles. The molecule has 1 aromatic carbocycles. The highest BCUT2D eigenvalue weighted by Crippen LogP contribution is 2.25. The van der Waals surface area contributed by atoms with Gasteiger partial charge in [0.15, 0.2) is 0 Å². The van der Waals surface area contributed by atoms with Crippen molar-refractivity contribution < 1.29 is 13.9 Å². The SMILES string of the molecule is COC(=O)c1ccc(CSCc2ccco2)c(Br)c1. The van der Waals surface area contributed by atoms with E-state index in [1.54, 1.807) is 30.2 Å². The average molecular weight is 341 g/mol. The van der Waals surface area contributed by atoms with Crippen molar-refractivity contribution in [3.63, 3.8) is 0 Å². The third kappa shape index (κ3) is 3.88. The summed E-state index contributed by atoms with van der Waals surface area (Å²) >= 11 is 5.24. The maximum atomic E-state index is 11.4. The molecule has 3 nitrogen and oxygen atoms in total. The highest BCUT2D eigenvalue weighted by Gasteiger charge is 2.08. The van der Waals surface area contributed by atoms with Crippen LogP contribution < -0.4 is 0 Å². The molecule has 0 N–H and O–H groups in total. The molecule has 2 aromatic rings. The minimum absolute atomic E-state index is 0.324. The summed E-state index contributed by atoms with van der Waals surface area (Å²) in [7, 11) is 1.38. The Bertz CT molecular complexity index is 552. The first-order valence-electron chi connectivity index (χ1n) is 5.67. The lowest BCUT2D eigenvalue weighted by molar-refractivity contribution is 0.0600. The van der Waals surface area contributed by atoms with E-state index in [1.165, 1.54) is 7.11 Å². The van der Waals surface area contributed by atoms with Gasteiger partial charge in [0.1, 0.15) is 5.76 Å². The summed E-state index contributed by atoms with van der Waals surface area (Å²) < 4.78 is 10.9. The minimum atomic E-state index is -0.324. The third-order valence-electron chi connectivity index (χ3n) is 2.56. The second-order valence-corrected chi connectivity index (χ2v) is 5.71. The number of thioether (sulfide) groups is 1. The van der Waals surface area contributed by atoms with Crippen LogP contribution in [0.5, 0.6) is 0 Å². The third-order valence-corrected chi connectivity index (χ3v) is 4.30. The molecule has 0 bridgehead atoms. The Morgan fingerprint density at radius 2 is 2.21 bits per heavy atom. The van der Waals surface area contributed by atoms with Gasteiger partial charge in [-0.3, -0.25) is 0 Å². The van der Waals surface area contributed by atoms with Crippen molar-refractivity contribution >= 4 is 33.7 Å². The summed E-state index contributed by atoms with van der Waals surface area (Å²) in [5.74, 6) is 2.32. The number of hydrogen-bond acceptors (Lipinski definition) is 4. The van der Waals surface area contributed by atoms with Crippen LogP contribution in [0, 0.1) is 0 Å². The van der Waals surface area contributed by atoms with Crippen molar-refractivity contribution in [2.24, 2.45) is 0 Å². The first-order chi connectivity index (χ1) is 9.20. The second-order valence-electron chi connectivity index (χ2n) is 3.87. The van der Waals surface area contributed by atoms with E-state index in [0.717, 1.165) is 27.3 Å². The Labute approximate surface area is 124 Å². The highest BCUT2D eigenvalue weighted by atomic mass is 79.9. The molecule has 0 fully saturated rings. The zero-order valence-electron chi connectivity index (χ0n) is 10.4. The fraction of sp³-hybridized carbons (Fsp3) is 0.214. The van der Waals surface area contributed by atoms with Crippen LogP contribution in [0.4, 0.5) is 0 Å². The van der Waals surface area contributed by atoms with Crippen molar-refractivity contribution in [3.05, 3.63) is 58.0 Å². The predicted octanol–water partition coefficient (Wildman–Crippen LogP) is 4.26. The molecule has 0 spiro atoms. The number of esters is 1. The molecular formula is C14H13BrO3S. The molecule has 5 heteroatoms. The minimum Gasteiger partial charge on any atom is -0.468 e. The molecule has 19 heavy (non-hydrogen) atoms. The van der Waals surface area contributed by atoms with Crippen molar-refractivity contribution in [3.8, 4) is 0 Å². The maximum Gasteiger partial charge on any atom is 0.337 e. The first kappa shape index (κ1) is 14.2. The van der Waals surface area contributed by atoms with Gasteiger partial charge >= 0.3 is 5.97 Å². The Kier molecular flexibility index (Phi) is 5.10. The fourth-order valence-electron chi connectivity index (χ4n) is 1.57. The summed E-state index contributed by atoms with van der Waals surface area (Å²) in [5.41, 5.74) is 1.69. The van der Waals surface area contributed by atoms with Crippen molar-refractivity contribution in [2.75, 3.05) is 7.11 Å². The quantitative estimate of drug-likeness (QED) is 0.762. The maximum absolute atomic E-state index is 11.4. The number of benzene rings is 1. The Morgan fingerprint density at radius 1 is 1.37 bits per heavy atom. The Hall–Kier alpha value is -1.20. The van der Waals surface area contributed by atoms with E-state index in [0.29, 0.717) is 5.56 Å². The van der Waals surface area contributed by atoms with Crippen molar-refractivity contribution in [1.29, 1.82) is 0 Å². The topological polar surface area (TPSA) is 39.4 Å². The number of rotatable bonds is 5. The summed E-state index contributed by atoms with van der Waals surface area (Å²) in [6.07, 6.45) is 1.68. The van der Waals surface area contributed by atoms with Gasteiger partial charge in [0.05, 0.1) is 24.7 Å². The van der Waals surface area contributed by atoms with Gasteiger partial charge in [-0.25, -0.2) is 4.79 Å². The van der Waals surface area contributed by atoms with Crippen LogP contribution in [0.25, 0.3) is 0 Å². The zero-order valence-corrected chi connectivity index (χ0v) is 12.8. The number of hydrogen-bond donors (Lipinski definition) is 0. The standard InChI is InChI=1S/C14H13BrO3S/c1-17-14(16)10-4-5-11(13(15)7-10)8-19-9-12-3-2-6-18-12/h2-7H,8-9H2,1H3. The molecular weight excluding hydrogens is 328 g/mol. The molecule has 1 heterocycles. The smallest absolute Gasteiger partial charge is 0.337 e. The predicted molar refractivity (Wildman–Crippen MR) is 79.2 cm³/mol. The van der Waals surface area contributed by atoms with E-state index in [9.17, 15) is 4.79 Å². The van der Waals surface area contributed by atoms with Gasteiger partial charge in [-0.15, -0.1) is 11.8 Å². The molecule has 0 radical (unpaired) electrons. The highest BCUT2D eigenvalue weighted by molar-refractivity contribution is 9.10. The van der Waals surface area contributed by atoms with Crippen LogP contribution in [0.15, 0.2) is 45.5 Å². The van der Waals surface area contributed by atoms with Gasteiger partial charge in [-0.05, 0) is 29.8 Å². The number of halogens is 1. The first-order valence-corrected chi connectivity index (χ1v) is 7.62. The van der Waals surface area contributed by atoms with Gasteiger partial charge in [0, 0.05) is 10.2 Å². The van der Waals surface area contributed by atoms with Crippen LogP contribution in [0.3, 0.4) is 0 Å². The number of ether oxygens (including phenoxy) is 1. The molecule has 0 aliphatic heterocycles. The van der Waals surface area contributed by atoms with E-state index < -0.39 is 0 Å². The van der Waals surface area contributed by atoms with Gasteiger partial charge in [-0.1, -0.05) is 22.0 Å². The van der Waals surface area contributed by atoms with Crippen LogP contribution >= 0.6 is 27.7 Å². The van der Waals surface area contributed by atoms with Gasteiger partial charge in [0.25, 0.3) is 0 Å². The molecule has 0 saturated heterocycles. The van der Waals surface area contributed by atoms with E-state index in [2.05, 4.69) is 20.7 Å². The summed E-state index contributed by atoms with van der Waals surface area (Å²) in [4.78, 5) is 11.4. The van der Waals surface area contributed by atoms with E-state index in [4.69, 9.17) is 4.42 Å². The van der Waals surface area contributed by atoms with Crippen LogP contribution in [0.1, 0.15) is 21.7 Å². The fourth-order valence-corrected chi connectivity index (χ4v) is 3.21. The number of carbonyl (C=O) groups is 1. The molecule has 1 aromatic heterocycles. The summed E-state index contributed by atoms with van der Waals surface area (Å²) in [6.45, 7) is 0. The lowest BCUT2D eigenvalue weighted by Crippen LogP contribution is -2.01. The van der Waals surface area contributed by atoms with Gasteiger partial charge in [0.2, 0.25) is 0 Å². The van der Waals surface area contributed by atoms with E-state index >= 15 is 0 Å². The summed E-state index contributed by atoms with van der Waals surface area (Å²) in [6, 6.07) is 9.35. The molecule has 100 valence electrons. The molecule has 0 amide bonds. The lowest BCUT2D eigenvalue weighted by Gasteiger charge is -2.06. The summed E-state index contributed by atoms with van der Waals surface area (Å²) in [5, 5.41) is 0. The van der Waals surface area contributed by atoms with Crippen LogP contribution in [-0.2, 0) is 16.2 Å². The molecule has 2 rings (SSSR count). The number of carbonyl (C=O) groups excluding carboxylic acids is 1. The average Bonchev–Trinajstić information content (AvgIpc) is 2.93. The number of furan rings is 1. The van der Waals surface area contributed by atoms with E-state index in [-0.39, 0.29) is 5.97 Å². The molecule has 0 unspecified atom stereocenters. The van der Waals surface area contributed by atoms with Crippen LogP contribution in [0.2, 0.25) is 0 Å². The normalized spacial score (nSPS) is 10.4. The Balaban J connectivity index is 1.95. The molecule has 0 atom stereocenters. The lowest BCUT2D eigenvalue weighted by atomic mass is 10.1. The van der Waals surface area contributed by atoms with E-state index in [1.807, 2.05) is 18.2 Å². The monoisotopic (exact) mass is 340 g/mol. The van der Waals surface area contributed by atoms with Crippen molar-refractivity contribution in [1.82, 2.24) is 0 Å². The second kappa shape index (κ2) is 6.82. The largest absolute Gasteiger partial charge is 0.468 e. The number of methoxy groups -OCH3 is 1. The molecule has 0 aliphatic rings. The van der Waals surface area contributed by atoms with Gasteiger partial charge in [-0.2, -0.15) is 0 Å². The Morgan fingerprint density at radius 3 is 2.84 bits per heavy atom.